The van der Waals surface area contributed by atoms with E-state index in [1.807, 2.05) is 29.0 Å². The van der Waals surface area contributed by atoms with Crippen LogP contribution in [0.5, 0.6) is 5.75 Å². The summed E-state index contributed by atoms with van der Waals surface area (Å²) in [6, 6.07) is 10.8. The van der Waals surface area contributed by atoms with Gasteiger partial charge in [-0.25, -0.2) is 9.97 Å². The molecule has 6 nitrogen and oxygen atoms in total. The maximum absolute atomic E-state index is 12.5. The first-order valence-electron chi connectivity index (χ1n) is 8.05. The van der Waals surface area contributed by atoms with Crippen molar-refractivity contribution in [2.45, 2.75) is 6.61 Å². The maximum Gasteiger partial charge on any atom is 0.257 e. The number of benzene rings is 1. The lowest BCUT2D eigenvalue weighted by atomic mass is 10.2. The quantitative estimate of drug-likeness (QED) is 0.521. The SMILES string of the molecule is O=C(Nc1nc(-c2cccnc2)cs1)c1cccc(OCc2cscn2)c1. The van der Waals surface area contributed by atoms with Crippen molar-refractivity contribution in [2.75, 3.05) is 5.32 Å². The van der Waals surface area contributed by atoms with Crippen molar-refractivity contribution in [1.82, 2.24) is 15.0 Å². The van der Waals surface area contributed by atoms with Gasteiger partial charge in [0.15, 0.2) is 5.13 Å². The molecule has 3 aromatic heterocycles. The van der Waals surface area contributed by atoms with E-state index >= 15 is 0 Å². The number of amides is 1. The predicted molar refractivity (Wildman–Crippen MR) is 106 cm³/mol. The third-order valence-corrected chi connectivity index (χ3v) is 5.04. The lowest BCUT2D eigenvalue weighted by Crippen LogP contribution is -2.11. The zero-order valence-electron chi connectivity index (χ0n) is 14.0. The molecule has 0 atom stereocenters. The summed E-state index contributed by atoms with van der Waals surface area (Å²) in [6.07, 6.45) is 3.45. The van der Waals surface area contributed by atoms with Gasteiger partial charge in [-0.3, -0.25) is 15.1 Å². The minimum atomic E-state index is -0.235. The van der Waals surface area contributed by atoms with Gasteiger partial charge in [0.25, 0.3) is 5.91 Å². The van der Waals surface area contributed by atoms with Crippen LogP contribution in [0.1, 0.15) is 16.1 Å². The number of hydrogen-bond donors (Lipinski definition) is 1. The van der Waals surface area contributed by atoms with E-state index in [0.29, 0.717) is 23.1 Å². The Labute approximate surface area is 163 Å². The van der Waals surface area contributed by atoms with Gasteiger partial charge in [-0.1, -0.05) is 6.07 Å². The number of nitrogens with one attached hydrogen (secondary N) is 1. The fraction of sp³-hybridized carbons (Fsp3) is 0.0526. The molecule has 1 amide bonds. The van der Waals surface area contributed by atoms with Gasteiger partial charge in [-0.2, -0.15) is 0 Å². The molecule has 1 N–H and O–H groups in total. The van der Waals surface area contributed by atoms with E-state index in [0.717, 1.165) is 17.0 Å². The second-order valence-corrected chi connectivity index (χ2v) is 7.11. The number of nitrogens with zero attached hydrogens (tertiary/aromatic N) is 3. The van der Waals surface area contributed by atoms with Crippen LogP contribution in [0.25, 0.3) is 11.3 Å². The average molecular weight is 394 g/mol. The van der Waals surface area contributed by atoms with Crippen molar-refractivity contribution in [2.24, 2.45) is 0 Å². The number of ether oxygens (including phenoxy) is 1. The van der Waals surface area contributed by atoms with Gasteiger partial charge in [-0.15, -0.1) is 22.7 Å². The summed E-state index contributed by atoms with van der Waals surface area (Å²) < 4.78 is 5.70. The highest BCUT2D eigenvalue weighted by molar-refractivity contribution is 7.14. The summed E-state index contributed by atoms with van der Waals surface area (Å²) in [5.74, 6) is 0.382. The molecule has 8 heteroatoms. The molecule has 0 aliphatic heterocycles. The number of hydrogen-bond acceptors (Lipinski definition) is 7. The summed E-state index contributed by atoms with van der Waals surface area (Å²) in [5, 5.41) is 7.18. The van der Waals surface area contributed by atoms with E-state index in [9.17, 15) is 4.79 Å². The smallest absolute Gasteiger partial charge is 0.257 e. The van der Waals surface area contributed by atoms with E-state index in [-0.39, 0.29) is 5.91 Å². The molecule has 0 spiro atoms. The molecular weight excluding hydrogens is 380 g/mol. The number of carbonyl (C=O) groups is 1. The summed E-state index contributed by atoms with van der Waals surface area (Å²) >= 11 is 2.89. The molecule has 0 saturated heterocycles. The van der Waals surface area contributed by atoms with Crippen molar-refractivity contribution >= 4 is 33.7 Å². The highest BCUT2D eigenvalue weighted by atomic mass is 32.1. The van der Waals surface area contributed by atoms with E-state index in [1.54, 1.807) is 36.1 Å². The highest BCUT2D eigenvalue weighted by Crippen LogP contribution is 2.25. The van der Waals surface area contributed by atoms with Crippen LogP contribution in [-0.4, -0.2) is 20.9 Å². The number of carbonyl (C=O) groups excluding carboxylic acids is 1. The van der Waals surface area contributed by atoms with E-state index in [4.69, 9.17) is 4.74 Å². The van der Waals surface area contributed by atoms with Crippen molar-refractivity contribution < 1.29 is 9.53 Å². The Morgan fingerprint density at radius 2 is 2.15 bits per heavy atom. The molecule has 0 saturated carbocycles. The zero-order chi connectivity index (χ0) is 18.5. The summed E-state index contributed by atoms with van der Waals surface area (Å²) in [5.41, 5.74) is 4.82. The standard InChI is InChI=1S/C19H14N4O2S2/c24-18(23-19-22-17(11-27-19)14-4-2-6-20-8-14)13-3-1-5-16(7-13)25-9-15-10-26-12-21-15/h1-8,10-12H,9H2,(H,22,23,24). The molecule has 0 fully saturated rings. The van der Waals surface area contributed by atoms with Crippen molar-refractivity contribution in [1.29, 1.82) is 0 Å². The third kappa shape index (κ3) is 4.36. The number of thiazole rings is 2. The van der Waals surface area contributed by atoms with Crippen LogP contribution in [0, 0.1) is 0 Å². The monoisotopic (exact) mass is 394 g/mol. The van der Waals surface area contributed by atoms with Crippen LogP contribution in [0.4, 0.5) is 5.13 Å². The Balaban J connectivity index is 1.42. The first-order chi connectivity index (χ1) is 13.3. The first-order valence-corrected chi connectivity index (χ1v) is 9.87. The highest BCUT2D eigenvalue weighted by Gasteiger charge is 2.11. The molecule has 27 heavy (non-hydrogen) atoms. The molecule has 0 radical (unpaired) electrons. The second kappa shape index (κ2) is 8.07. The average Bonchev–Trinajstić information content (AvgIpc) is 3.39. The second-order valence-electron chi connectivity index (χ2n) is 5.53. The normalized spacial score (nSPS) is 10.5. The number of pyridine rings is 1. The maximum atomic E-state index is 12.5. The van der Waals surface area contributed by atoms with Crippen LogP contribution in [-0.2, 0) is 6.61 Å². The van der Waals surface area contributed by atoms with Gasteiger partial charge < -0.3 is 4.74 Å². The topological polar surface area (TPSA) is 77.0 Å². The molecule has 0 unspecified atom stereocenters. The van der Waals surface area contributed by atoms with Crippen LogP contribution in [0.3, 0.4) is 0 Å². The summed E-state index contributed by atoms with van der Waals surface area (Å²) in [6.45, 7) is 0.371. The van der Waals surface area contributed by atoms with E-state index < -0.39 is 0 Å². The van der Waals surface area contributed by atoms with Gasteiger partial charge in [0.1, 0.15) is 12.4 Å². The molecule has 0 bridgehead atoms. The molecule has 3 heterocycles. The predicted octanol–water partition coefficient (Wildman–Crippen LogP) is 4.49. The van der Waals surface area contributed by atoms with Crippen LogP contribution >= 0.6 is 22.7 Å². The Morgan fingerprint density at radius 1 is 1.19 bits per heavy atom. The lowest BCUT2D eigenvalue weighted by Gasteiger charge is -2.07. The molecule has 4 rings (SSSR count). The number of aromatic nitrogens is 3. The van der Waals surface area contributed by atoms with Gasteiger partial charge >= 0.3 is 0 Å². The zero-order valence-corrected chi connectivity index (χ0v) is 15.7. The van der Waals surface area contributed by atoms with Crippen molar-refractivity contribution in [3.63, 3.8) is 0 Å². The number of rotatable bonds is 6. The van der Waals surface area contributed by atoms with Gasteiger partial charge in [0.05, 0.1) is 16.9 Å². The summed E-state index contributed by atoms with van der Waals surface area (Å²) in [7, 11) is 0. The molecule has 4 aromatic rings. The molecule has 0 aliphatic carbocycles. The van der Waals surface area contributed by atoms with Crippen LogP contribution in [0.15, 0.2) is 65.1 Å². The van der Waals surface area contributed by atoms with Gasteiger partial charge in [0.2, 0.25) is 0 Å². The lowest BCUT2D eigenvalue weighted by molar-refractivity contribution is 0.102. The Hall–Kier alpha value is -3.10. The van der Waals surface area contributed by atoms with Crippen molar-refractivity contribution in [3.8, 4) is 17.0 Å². The fourth-order valence-corrected chi connectivity index (χ4v) is 3.60. The largest absolute Gasteiger partial charge is 0.487 e. The van der Waals surface area contributed by atoms with E-state index in [1.165, 1.54) is 22.7 Å². The number of anilines is 1. The van der Waals surface area contributed by atoms with Gasteiger partial charge in [-0.05, 0) is 30.3 Å². The Bertz CT molecular complexity index is 1030. The Morgan fingerprint density at radius 3 is 2.96 bits per heavy atom. The molecule has 0 aliphatic rings. The molecular formula is C19H14N4O2S2. The third-order valence-electron chi connectivity index (χ3n) is 3.65. The molecule has 134 valence electrons. The van der Waals surface area contributed by atoms with Crippen LogP contribution < -0.4 is 10.1 Å². The molecule has 1 aromatic carbocycles. The first kappa shape index (κ1) is 17.3. The minimum Gasteiger partial charge on any atom is -0.487 e. The van der Waals surface area contributed by atoms with Crippen LogP contribution in [0.2, 0.25) is 0 Å². The summed E-state index contributed by atoms with van der Waals surface area (Å²) in [4.78, 5) is 25.2. The Kier molecular flexibility index (Phi) is 5.17. The minimum absolute atomic E-state index is 0.235. The van der Waals surface area contributed by atoms with Crippen molar-refractivity contribution in [3.05, 3.63) is 76.3 Å². The van der Waals surface area contributed by atoms with Gasteiger partial charge in [0, 0.05) is 34.3 Å². The fourth-order valence-electron chi connectivity index (χ4n) is 2.34. The van der Waals surface area contributed by atoms with E-state index in [2.05, 4.69) is 20.3 Å².